The van der Waals surface area contributed by atoms with E-state index in [1.54, 1.807) is 36.4 Å². The number of nitrogens with zero attached hydrogens (tertiary/aromatic N) is 1. The Bertz CT molecular complexity index is 994. The Morgan fingerprint density at radius 1 is 1.17 bits per heavy atom. The molecule has 1 N–H and O–H groups in total. The molecular weight excluding hydrogens is 387 g/mol. The average molecular weight is 411 g/mol. The molecule has 0 aliphatic carbocycles. The standard InChI is InChI=1S/C23H23FN2O2S/c1-14-9-15(2)13-26(12-14)23(28)17-7-8-20-19(10-17)25-22(27)21(29-20)11-16-5-3-4-6-18(16)24/h3-8,10-11,14-15H,9,12-13H2,1-2H3,(H,25,27)/b21-11+/t14-,15-/m0/s1. The van der Waals surface area contributed by atoms with Crippen molar-refractivity contribution in [1.29, 1.82) is 0 Å². The number of carbonyl (C=O) groups excluding carboxylic acids is 2. The highest BCUT2D eigenvalue weighted by Crippen LogP contribution is 2.39. The Balaban J connectivity index is 1.57. The van der Waals surface area contributed by atoms with Crippen molar-refractivity contribution in [3.05, 3.63) is 64.3 Å². The van der Waals surface area contributed by atoms with Gasteiger partial charge in [-0.05, 0) is 48.6 Å². The number of hydrogen-bond acceptors (Lipinski definition) is 3. The highest BCUT2D eigenvalue weighted by molar-refractivity contribution is 8.04. The molecule has 150 valence electrons. The van der Waals surface area contributed by atoms with Gasteiger partial charge in [0.05, 0.1) is 10.6 Å². The number of halogens is 1. The lowest BCUT2D eigenvalue weighted by molar-refractivity contribution is -0.112. The minimum absolute atomic E-state index is 0.00172. The van der Waals surface area contributed by atoms with Gasteiger partial charge in [-0.15, -0.1) is 0 Å². The van der Waals surface area contributed by atoms with Crippen LogP contribution >= 0.6 is 11.8 Å². The molecule has 2 heterocycles. The number of thioether (sulfide) groups is 1. The van der Waals surface area contributed by atoms with E-state index in [1.165, 1.54) is 17.8 Å². The number of fused-ring (bicyclic) bond motifs is 1. The van der Waals surface area contributed by atoms with Crippen LogP contribution in [0, 0.1) is 17.7 Å². The van der Waals surface area contributed by atoms with Crippen LogP contribution in [0.3, 0.4) is 0 Å². The predicted octanol–water partition coefficient (Wildman–Crippen LogP) is 5.03. The summed E-state index contributed by atoms with van der Waals surface area (Å²) < 4.78 is 13.9. The summed E-state index contributed by atoms with van der Waals surface area (Å²) in [4.78, 5) is 28.6. The lowest BCUT2D eigenvalue weighted by Crippen LogP contribution is -2.42. The van der Waals surface area contributed by atoms with E-state index in [1.807, 2.05) is 11.0 Å². The summed E-state index contributed by atoms with van der Waals surface area (Å²) in [5.41, 5.74) is 1.57. The molecule has 2 amide bonds. The molecule has 2 aliphatic heterocycles. The maximum Gasteiger partial charge on any atom is 0.262 e. The number of amides is 2. The van der Waals surface area contributed by atoms with E-state index in [-0.39, 0.29) is 17.6 Å². The molecule has 4 rings (SSSR count). The molecule has 4 nitrogen and oxygen atoms in total. The molecule has 6 heteroatoms. The van der Waals surface area contributed by atoms with Crippen LogP contribution in [0.4, 0.5) is 10.1 Å². The van der Waals surface area contributed by atoms with Gasteiger partial charge in [0, 0.05) is 29.1 Å². The number of rotatable bonds is 2. The maximum absolute atomic E-state index is 13.9. The lowest BCUT2D eigenvalue weighted by Gasteiger charge is -2.35. The van der Waals surface area contributed by atoms with Gasteiger partial charge in [-0.3, -0.25) is 9.59 Å². The second-order valence-corrected chi connectivity index (χ2v) is 9.04. The lowest BCUT2D eigenvalue weighted by atomic mass is 9.91. The third kappa shape index (κ3) is 4.22. The van der Waals surface area contributed by atoms with Crippen LogP contribution in [0.2, 0.25) is 0 Å². The maximum atomic E-state index is 13.9. The normalized spacial score (nSPS) is 22.9. The van der Waals surface area contributed by atoms with E-state index in [9.17, 15) is 14.0 Å². The van der Waals surface area contributed by atoms with Crippen molar-refractivity contribution in [2.45, 2.75) is 25.2 Å². The van der Waals surface area contributed by atoms with E-state index in [0.717, 1.165) is 24.4 Å². The molecule has 2 atom stereocenters. The van der Waals surface area contributed by atoms with Gasteiger partial charge in [0.2, 0.25) is 0 Å². The zero-order valence-electron chi connectivity index (χ0n) is 16.4. The monoisotopic (exact) mass is 410 g/mol. The number of piperidine rings is 1. The Morgan fingerprint density at radius 3 is 2.62 bits per heavy atom. The number of likely N-dealkylation sites (tertiary alicyclic amines) is 1. The molecule has 2 aliphatic rings. The van der Waals surface area contributed by atoms with E-state index in [4.69, 9.17) is 0 Å². The highest BCUT2D eigenvalue weighted by atomic mass is 32.2. The molecule has 0 saturated carbocycles. The molecule has 29 heavy (non-hydrogen) atoms. The van der Waals surface area contributed by atoms with Crippen LogP contribution in [-0.4, -0.2) is 29.8 Å². The predicted molar refractivity (Wildman–Crippen MR) is 114 cm³/mol. The molecule has 0 bridgehead atoms. The Hall–Kier alpha value is -2.60. The van der Waals surface area contributed by atoms with E-state index in [2.05, 4.69) is 19.2 Å². The molecule has 0 aromatic heterocycles. The summed E-state index contributed by atoms with van der Waals surface area (Å²) >= 11 is 1.28. The van der Waals surface area contributed by atoms with Gasteiger partial charge >= 0.3 is 0 Å². The number of anilines is 1. The van der Waals surface area contributed by atoms with Gasteiger partial charge in [-0.25, -0.2) is 4.39 Å². The van der Waals surface area contributed by atoms with E-state index in [0.29, 0.717) is 33.6 Å². The molecule has 1 saturated heterocycles. The van der Waals surface area contributed by atoms with Crippen molar-refractivity contribution < 1.29 is 14.0 Å². The van der Waals surface area contributed by atoms with Gasteiger partial charge in [0.15, 0.2) is 0 Å². The van der Waals surface area contributed by atoms with Crippen LogP contribution < -0.4 is 5.32 Å². The van der Waals surface area contributed by atoms with Crippen LogP contribution in [-0.2, 0) is 4.79 Å². The molecule has 2 aromatic carbocycles. The molecule has 0 unspecified atom stereocenters. The number of nitrogens with one attached hydrogen (secondary N) is 1. The summed E-state index contributed by atoms with van der Waals surface area (Å²) in [5, 5.41) is 2.84. The first-order valence-corrected chi connectivity index (χ1v) is 10.6. The fourth-order valence-electron chi connectivity index (χ4n) is 4.04. The summed E-state index contributed by atoms with van der Waals surface area (Å²) in [6.07, 6.45) is 2.69. The van der Waals surface area contributed by atoms with Crippen LogP contribution in [0.25, 0.3) is 6.08 Å². The number of hydrogen-bond donors (Lipinski definition) is 1. The minimum atomic E-state index is -0.370. The fourth-order valence-corrected chi connectivity index (χ4v) is 4.96. The van der Waals surface area contributed by atoms with Gasteiger partial charge in [0.1, 0.15) is 5.82 Å². The van der Waals surface area contributed by atoms with Crippen molar-refractivity contribution in [1.82, 2.24) is 4.90 Å². The summed E-state index contributed by atoms with van der Waals surface area (Å²) in [6.45, 7) is 5.86. The fraction of sp³-hybridized carbons (Fsp3) is 0.304. The van der Waals surface area contributed by atoms with Crippen LogP contribution in [0.5, 0.6) is 0 Å². The Kier molecular flexibility index (Phi) is 5.46. The van der Waals surface area contributed by atoms with Crippen molar-refractivity contribution in [2.75, 3.05) is 18.4 Å². The summed E-state index contributed by atoms with van der Waals surface area (Å²) in [7, 11) is 0. The molecular formula is C23H23FN2O2S. The largest absolute Gasteiger partial charge is 0.338 e. The van der Waals surface area contributed by atoms with E-state index < -0.39 is 0 Å². The van der Waals surface area contributed by atoms with Gasteiger partial charge in [0.25, 0.3) is 11.8 Å². The highest BCUT2D eigenvalue weighted by Gasteiger charge is 2.28. The van der Waals surface area contributed by atoms with Gasteiger partial charge < -0.3 is 10.2 Å². The average Bonchev–Trinajstić information content (AvgIpc) is 2.68. The van der Waals surface area contributed by atoms with Crippen LogP contribution in [0.15, 0.2) is 52.3 Å². The molecule has 0 spiro atoms. The van der Waals surface area contributed by atoms with Crippen molar-refractivity contribution in [3.8, 4) is 0 Å². The molecule has 2 aromatic rings. The van der Waals surface area contributed by atoms with Crippen molar-refractivity contribution in [2.24, 2.45) is 11.8 Å². The van der Waals surface area contributed by atoms with Gasteiger partial charge in [-0.1, -0.05) is 43.8 Å². The minimum Gasteiger partial charge on any atom is -0.338 e. The van der Waals surface area contributed by atoms with E-state index >= 15 is 0 Å². The number of carbonyl (C=O) groups is 2. The second-order valence-electron chi connectivity index (χ2n) is 7.95. The quantitative estimate of drug-likeness (QED) is 0.707. The van der Waals surface area contributed by atoms with Crippen LogP contribution in [0.1, 0.15) is 36.2 Å². The van der Waals surface area contributed by atoms with Crippen molar-refractivity contribution in [3.63, 3.8) is 0 Å². The molecule has 0 radical (unpaired) electrons. The zero-order valence-corrected chi connectivity index (χ0v) is 17.3. The number of benzene rings is 2. The Morgan fingerprint density at radius 2 is 1.90 bits per heavy atom. The van der Waals surface area contributed by atoms with Gasteiger partial charge in [-0.2, -0.15) is 0 Å². The summed E-state index contributed by atoms with van der Waals surface area (Å²) in [6, 6.07) is 11.7. The Labute approximate surface area is 174 Å². The van der Waals surface area contributed by atoms with Crippen molar-refractivity contribution >= 4 is 35.3 Å². The first kappa shape index (κ1) is 19.7. The summed E-state index contributed by atoms with van der Waals surface area (Å²) in [5.74, 6) is 0.308. The topological polar surface area (TPSA) is 49.4 Å². The first-order chi connectivity index (χ1) is 13.9. The first-order valence-electron chi connectivity index (χ1n) is 9.79. The smallest absolute Gasteiger partial charge is 0.262 e. The molecule has 1 fully saturated rings. The zero-order chi connectivity index (χ0) is 20.5. The SMILES string of the molecule is C[C@H]1C[C@H](C)CN(C(=O)c2ccc3c(c2)NC(=O)/C(=C\c2ccccc2F)S3)C1. The second kappa shape index (κ2) is 8.03. The third-order valence-electron chi connectivity index (χ3n) is 5.27. The third-order valence-corrected chi connectivity index (χ3v) is 6.37.